The van der Waals surface area contributed by atoms with Crippen molar-refractivity contribution < 1.29 is 28.8 Å². The molecule has 6 saturated heterocycles. The summed E-state index contributed by atoms with van der Waals surface area (Å²) < 4.78 is 0. The third kappa shape index (κ3) is 21.2. The number of thiophene rings is 2. The second-order valence-corrected chi connectivity index (χ2v) is 33.6. The molecule has 6 amide bonds. The third-order valence-corrected chi connectivity index (χ3v) is 24.5. The van der Waals surface area contributed by atoms with E-state index >= 15 is 0 Å². The van der Waals surface area contributed by atoms with E-state index in [0.29, 0.717) is 61.3 Å². The number of hydrogen-bond donors (Lipinski definition) is 0. The Kier molecular flexibility index (Phi) is 28.5. The van der Waals surface area contributed by atoms with Crippen LogP contribution in [0.15, 0.2) is 131 Å². The number of piperidine rings is 3. The van der Waals surface area contributed by atoms with E-state index in [1.165, 1.54) is 27.8 Å². The molecule has 6 aliphatic rings. The highest BCUT2D eigenvalue weighted by atomic mass is 35.5. The van der Waals surface area contributed by atoms with Gasteiger partial charge in [0.05, 0.1) is 18.1 Å². The van der Waals surface area contributed by atoms with E-state index in [-0.39, 0.29) is 71.2 Å². The lowest BCUT2D eigenvalue weighted by Crippen LogP contribution is -2.60. The first-order valence-electron chi connectivity index (χ1n) is 37.6. The van der Waals surface area contributed by atoms with Crippen LogP contribution in [-0.2, 0) is 28.8 Å². The fourth-order valence-corrected chi connectivity index (χ4v) is 18.1. The van der Waals surface area contributed by atoms with Crippen molar-refractivity contribution in [2.75, 3.05) is 98.2 Å². The van der Waals surface area contributed by atoms with E-state index in [1.807, 2.05) is 63.6 Å². The predicted octanol–water partition coefficient (Wildman–Crippen LogP) is 14.4. The zero-order chi connectivity index (χ0) is 73.5. The van der Waals surface area contributed by atoms with Gasteiger partial charge in [0.15, 0.2) is 0 Å². The summed E-state index contributed by atoms with van der Waals surface area (Å²) in [5.41, 5.74) is 7.36. The first-order chi connectivity index (χ1) is 49.4. The monoisotopic (exact) mass is 1480 g/mol. The molecule has 4 aromatic heterocycles. The first kappa shape index (κ1) is 79.0. The SMILES string of the molecule is CC(=O)N1CCC(CC(=O)N2CCN(C(c3ccc(Cl)cc3)c3cccnc3)C[C@@H]2C(C)C)CC1.CC(=O)N1CCC(CC(=O)N2CCN(C(c3ccncc3)c3ccc(Cl)cc3)C[C@@H]2C(C)(C)C)CC1.CC(=O)N1CCC(CC(=O)N2CCN(C(c3ccsc3)c3ccsc3)C[C@@H]2C(C)C)CC1. The summed E-state index contributed by atoms with van der Waals surface area (Å²) in [6.07, 6.45) is 14.7. The van der Waals surface area contributed by atoms with Crippen LogP contribution in [0.5, 0.6) is 0 Å². The van der Waals surface area contributed by atoms with Gasteiger partial charge in [-0.1, -0.05) is 102 Å². The zero-order valence-corrected chi connectivity index (χ0v) is 65.6. The fraction of sp³-hybridized carbons (Fsp3) is 0.561. The highest BCUT2D eigenvalue weighted by Crippen LogP contribution is 2.40. The normalized spacial score (nSPS) is 20.9. The van der Waals surface area contributed by atoms with Crippen LogP contribution in [0, 0.1) is 35.0 Å². The zero-order valence-electron chi connectivity index (χ0n) is 62.5. The molecule has 0 spiro atoms. The minimum absolute atomic E-state index is 0.0604. The Morgan fingerprint density at radius 1 is 0.427 bits per heavy atom. The highest BCUT2D eigenvalue weighted by molar-refractivity contribution is 7.08. The fourth-order valence-electron chi connectivity index (χ4n) is 16.5. The molecule has 103 heavy (non-hydrogen) atoms. The molecule has 0 N–H and O–H groups in total. The summed E-state index contributed by atoms with van der Waals surface area (Å²) in [6.45, 7) is 32.4. The van der Waals surface area contributed by atoms with E-state index < -0.39 is 0 Å². The van der Waals surface area contributed by atoms with Crippen molar-refractivity contribution in [1.82, 2.24) is 54.1 Å². The largest absolute Gasteiger partial charge is 0.343 e. The molecule has 6 aliphatic heterocycles. The smallest absolute Gasteiger partial charge is 0.223 e. The van der Waals surface area contributed by atoms with E-state index in [2.05, 4.69) is 164 Å². The number of nitrogens with zero attached hydrogens (tertiary/aromatic N) is 11. The average Bonchev–Trinajstić information content (AvgIpc) is 1.65. The Labute approximate surface area is 631 Å². The molecule has 21 heteroatoms. The van der Waals surface area contributed by atoms with Crippen LogP contribution < -0.4 is 0 Å². The van der Waals surface area contributed by atoms with Crippen LogP contribution in [0.4, 0.5) is 0 Å². The summed E-state index contributed by atoms with van der Waals surface area (Å²) >= 11 is 15.9. The number of rotatable bonds is 17. The third-order valence-electron chi connectivity index (χ3n) is 22.6. The molecular formula is C82H111Cl2N11O6S2. The summed E-state index contributed by atoms with van der Waals surface area (Å²) in [5.74, 6) is 3.09. The maximum absolute atomic E-state index is 13.6. The van der Waals surface area contributed by atoms with Crippen LogP contribution in [-0.4, -0.2) is 206 Å². The molecular weight excluding hydrogens is 1370 g/mol. The van der Waals surface area contributed by atoms with Gasteiger partial charge in [-0.15, -0.1) is 0 Å². The standard InChI is InChI=1S/C29H39ClN4O2.C28H37ClN4O2.C25H35N3O2S2/c1-21(35)32-15-11-22(12-16-32)19-27(36)34-18-17-33(20-26(34)29(2,3)4)28(24-9-13-31-14-10-24)23-5-7-25(30)8-6-23;1-20(2)26-19-32(28(24-5-4-12-30-18-24)23-6-8-25(29)9-7-23)15-16-33(26)27(35)17-22-10-13-31(14-11-22)21(3)34;1-18(2)23-15-27(25(21-6-12-31-16-21)22-7-13-32-17-22)10-11-28(23)24(30)14-20-4-8-26(9-5-20)19(3)29/h5-10,13-14,22,26,28H,11-12,15-20H2,1-4H3;4-9,12,18,20,22,26,28H,10-11,13-17,19H2,1-3H3;6-7,12-13,16-18,20,23,25H,4-5,8-11,14-15H2,1-3H3/t2*26-,28?;23-/m111/s1. The summed E-state index contributed by atoms with van der Waals surface area (Å²) in [5, 5.41) is 10.3. The van der Waals surface area contributed by atoms with Gasteiger partial charge in [-0.2, -0.15) is 22.7 Å². The summed E-state index contributed by atoms with van der Waals surface area (Å²) in [7, 11) is 0. The van der Waals surface area contributed by atoms with Crippen molar-refractivity contribution >= 4 is 81.3 Å². The molecule has 0 bridgehead atoms. The minimum atomic E-state index is -0.0604. The molecule has 6 aromatic rings. The maximum atomic E-state index is 13.6. The molecule has 2 unspecified atom stereocenters. The van der Waals surface area contributed by atoms with Crippen molar-refractivity contribution in [3.05, 3.63) is 175 Å². The number of amides is 6. The van der Waals surface area contributed by atoms with Crippen molar-refractivity contribution in [2.24, 2.45) is 35.0 Å². The number of benzene rings is 2. The van der Waals surface area contributed by atoms with Gasteiger partial charge < -0.3 is 29.4 Å². The predicted molar refractivity (Wildman–Crippen MR) is 415 cm³/mol. The molecule has 5 atom stereocenters. The summed E-state index contributed by atoms with van der Waals surface area (Å²) in [4.78, 5) is 104. The van der Waals surface area contributed by atoms with E-state index in [1.54, 1.807) is 49.6 Å². The average molecular weight is 1480 g/mol. The molecule has 17 nitrogen and oxygen atoms in total. The van der Waals surface area contributed by atoms with Crippen LogP contribution in [0.3, 0.4) is 0 Å². The van der Waals surface area contributed by atoms with E-state index in [9.17, 15) is 28.8 Å². The van der Waals surface area contributed by atoms with E-state index in [4.69, 9.17) is 23.2 Å². The van der Waals surface area contributed by atoms with Crippen LogP contribution in [0.25, 0.3) is 0 Å². The second-order valence-electron chi connectivity index (χ2n) is 31.2. The molecule has 10 heterocycles. The Bertz CT molecular complexity index is 3620. The number of piperazine rings is 3. The Hall–Kier alpha value is -6.58. The molecule has 0 saturated carbocycles. The molecule has 6 fully saturated rings. The van der Waals surface area contributed by atoms with Gasteiger partial charge in [0.25, 0.3) is 0 Å². The lowest BCUT2D eigenvalue weighted by molar-refractivity contribution is -0.142. The van der Waals surface area contributed by atoms with Gasteiger partial charge in [-0.05, 0) is 183 Å². The number of carbonyl (C=O) groups excluding carboxylic acids is 6. The van der Waals surface area contributed by atoms with Gasteiger partial charge in [0.2, 0.25) is 35.4 Å². The van der Waals surface area contributed by atoms with Crippen molar-refractivity contribution in [3.8, 4) is 0 Å². The Balaban J connectivity index is 0.000000166. The molecule has 0 aliphatic carbocycles. The van der Waals surface area contributed by atoms with Gasteiger partial charge in [-0.3, -0.25) is 53.4 Å². The van der Waals surface area contributed by atoms with Gasteiger partial charge in [0.1, 0.15) is 0 Å². The molecule has 556 valence electrons. The maximum Gasteiger partial charge on any atom is 0.223 e. The second kappa shape index (κ2) is 37.1. The number of carbonyl (C=O) groups is 6. The van der Waals surface area contributed by atoms with Gasteiger partial charge in [0, 0.05) is 191 Å². The first-order valence-corrected chi connectivity index (χ1v) is 40.3. The van der Waals surface area contributed by atoms with Crippen LogP contribution in [0.1, 0.15) is 179 Å². The van der Waals surface area contributed by atoms with Crippen molar-refractivity contribution in [3.63, 3.8) is 0 Å². The van der Waals surface area contributed by atoms with Gasteiger partial charge in [-0.25, -0.2) is 0 Å². The summed E-state index contributed by atoms with van der Waals surface area (Å²) in [6, 6.07) is 29.8. The van der Waals surface area contributed by atoms with Gasteiger partial charge >= 0.3 is 0 Å². The minimum Gasteiger partial charge on any atom is -0.343 e. The topological polar surface area (TPSA) is 157 Å². The Morgan fingerprint density at radius 3 is 1.14 bits per heavy atom. The van der Waals surface area contributed by atoms with Crippen molar-refractivity contribution in [1.29, 1.82) is 0 Å². The van der Waals surface area contributed by atoms with Crippen LogP contribution >= 0.6 is 45.9 Å². The number of pyridine rings is 2. The van der Waals surface area contributed by atoms with Crippen molar-refractivity contribution in [2.45, 2.75) is 163 Å². The molecule has 12 rings (SSSR count). The number of hydrogen-bond acceptors (Lipinski definition) is 13. The van der Waals surface area contributed by atoms with E-state index in [0.717, 1.165) is 146 Å². The molecule has 2 aromatic carbocycles. The molecule has 0 radical (unpaired) electrons. The highest BCUT2D eigenvalue weighted by Gasteiger charge is 2.43. The number of likely N-dealkylation sites (tertiary alicyclic amines) is 3. The lowest BCUT2D eigenvalue weighted by Gasteiger charge is -2.49. The number of halogens is 2. The lowest BCUT2D eigenvalue weighted by atomic mass is 9.82. The quantitative estimate of drug-likeness (QED) is 0.0856. The Morgan fingerprint density at radius 2 is 0.786 bits per heavy atom. The number of aromatic nitrogens is 2. The van der Waals surface area contributed by atoms with Crippen LogP contribution in [0.2, 0.25) is 10.0 Å².